The summed E-state index contributed by atoms with van der Waals surface area (Å²) in [5, 5.41) is 25.7. The third-order valence-electron chi connectivity index (χ3n) is 4.21. The highest BCUT2D eigenvalue weighted by atomic mass is 19.1. The van der Waals surface area contributed by atoms with Gasteiger partial charge in [-0.05, 0) is 6.07 Å². The molecule has 0 saturated heterocycles. The highest BCUT2D eigenvalue weighted by Gasteiger charge is 2.48. The molecule has 2 N–H and O–H groups in total. The zero-order valence-electron chi connectivity index (χ0n) is 13.5. The van der Waals surface area contributed by atoms with Crippen LogP contribution in [0.2, 0.25) is 0 Å². The average molecular weight is 365 g/mol. The van der Waals surface area contributed by atoms with E-state index in [1.54, 1.807) is 0 Å². The molecule has 0 saturated carbocycles. The van der Waals surface area contributed by atoms with Gasteiger partial charge < -0.3 is 10.2 Å². The number of rotatable bonds is 5. The first-order chi connectivity index (χ1) is 12.4. The Kier molecular flexibility index (Phi) is 4.70. The van der Waals surface area contributed by atoms with Crippen molar-refractivity contribution in [2.45, 2.75) is 24.7 Å². The number of aliphatic hydroxyl groups is 2. The van der Waals surface area contributed by atoms with Crippen molar-refractivity contribution >= 4 is 0 Å². The standard InChI is InChI=1S/C16H14F3N5O2/c1-9(14-13(19)5-20-6-22-14)16(26,15(25)24-8-21-7-23-24)11-3-2-10(17)4-12(11)18/h2-9,15,25-26H,1H3/t9-,15?,16+/m0/s1. The monoisotopic (exact) mass is 365 g/mol. The van der Waals surface area contributed by atoms with E-state index in [9.17, 15) is 23.4 Å². The minimum absolute atomic E-state index is 0.259. The molecule has 136 valence electrons. The van der Waals surface area contributed by atoms with E-state index in [-0.39, 0.29) is 5.69 Å². The second-order valence-corrected chi connectivity index (χ2v) is 5.68. The lowest BCUT2D eigenvalue weighted by atomic mass is 9.78. The van der Waals surface area contributed by atoms with Gasteiger partial charge in [-0.2, -0.15) is 5.10 Å². The summed E-state index contributed by atoms with van der Waals surface area (Å²) in [6.45, 7) is 1.34. The van der Waals surface area contributed by atoms with Crippen LogP contribution in [0.1, 0.15) is 30.3 Å². The van der Waals surface area contributed by atoms with Gasteiger partial charge in [-0.1, -0.05) is 13.0 Å². The first kappa shape index (κ1) is 18.0. The van der Waals surface area contributed by atoms with E-state index in [2.05, 4.69) is 20.1 Å². The van der Waals surface area contributed by atoms with Gasteiger partial charge in [0.05, 0.1) is 11.9 Å². The second kappa shape index (κ2) is 6.81. The molecule has 0 radical (unpaired) electrons. The summed E-state index contributed by atoms with van der Waals surface area (Å²) in [6, 6.07) is 2.44. The molecule has 1 unspecified atom stereocenters. The van der Waals surface area contributed by atoms with Crippen LogP contribution in [0.5, 0.6) is 0 Å². The highest BCUT2D eigenvalue weighted by Crippen LogP contribution is 2.44. The van der Waals surface area contributed by atoms with E-state index in [1.165, 1.54) is 6.92 Å². The minimum Gasteiger partial charge on any atom is -0.380 e. The number of hydrogen-bond donors (Lipinski definition) is 2. The van der Waals surface area contributed by atoms with Crippen molar-refractivity contribution in [1.82, 2.24) is 24.7 Å². The Bertz CT molecular complexity index is 909. The molecule has 0 aliphatic rings. The van der Waals surface area contributed by atoms with Crippen molar-refractivity contribution in [2.75, 3.05) is 0 Å². The van der Waals surface area contributed by atoms with E-state index < -0.39 is 40.8 Å². The topological polar surface area (TPSA) is 97.0 Å². The van der Waals surface area contributed by atoms with E-state index in [0.29, 0.717) is 6.07 Å². The zero-order valence-corrected chi connectivity index (χ0v) is 13.5. The van der Waals surface area contributed by atoms with Crippen molar-refractivity contribution in [3.8, 4) is 0 Å². The molecule has 1 aromatic carbocycles. The number of benzene rings is 1. The van der Waals surface area contributed by atoms with Gasteiger partial charge in [0.1, 0.15) is 36.2 Å². The van der Waals surface area contributed by atoms with Crippen LogP contribution in [0.4, 0.5) is 13.2 Å². The molecule has 3 rings (SSSR count). The van der Waals surface area contributed by atoms with Gasteiger partial charge in [0.2, 0.25) is 0 Å². The van der Waals surface area contributed by atoms with Crippen molar-refractivity contribution in [1.29, 1.82) is 0 Å². The second-order valence-electron chi connectivity index (χ2n) is 5.68. The van der Waals surface area contributed by atoms with Crippen LogP contribution in [0, 0.1) is 17.5 Å². The lowest BCUT2D eigenvalue weighted by Gasteiger charge is -2.38. The Morgan fingerprint density at radius 3 is 2.50 bits per heavy atom. The number of nitrogens with zero attached hydrogens (tertiary/aromatic N) is 5. The maximum Gasteiger partial charge on any atom is 0.182 e. The van der Waals surface area contributed by atoms with Crippen LogP contribution in [-0.2, 0) is 5.60 Å². The summed E-state index contributed by atoms with van der Waals surface area (Å²) in [4.78, 5) is 11.0. The molecule has 10 heteroatoms. The molecule has 0 bridgehead atoms. The van der Waals surface area contributed by atoms with Crippen molar-refractivity contribution in [3.63, 3.8) is 0 Å². The van der Waals surface area contributed by atoms with Crippen LogP contribution in [0.15, 0.2) is 43.4 Å². The molecular formula is C16H14F3N5O2. The van der Waals surface area contributed by atoms with Gasteiger partial charge in [0.25, 0.3) is 0 Å². The summed E-state index contributed by atoms with van der Waals surface area (Å²) in [6.07, 6.45) is 2.26. The lowest BCUT2D eigenvalue weighted by molar-refractivity contribution is -0.142. The van der Waals surface area contributed by atoms with Crippen LogP contribution >= 0.6 is 0 Å². The fourth-order valence-electron chi connectivity index (χ4n) is 2.80. The van der Waals surface area contributed by atoms with Gasteiger partial charge in [-0.3, -0.25) is 0 Å². The normalized spacial score (nSPS) is 16.1. The summed E-state index contributed by atoms with van der Waals surface area (Å²) in [7, 11) is 0. The van der Waals surface area contributed by atoms with E-state index in [1.807, 2.05) is 0 Å². The highest BCUT2D eigenvalue weighted by molar-refractivity contribution is 5.31. The van der Waals surface area contributed by atoms with Gasteiger partial charge in [-0.15, -0.1) is 0 Å². The summed E-state index contributed by atoms with van der Waals surface area (Å²) < 4.78 is 42.8. The summed E-state index contributed by atoms with van der Waals surface area (Å²) in [5.41, 5.74) is -3.15. The summed E-state index contributed by atoms with van der Waals surface area (Å²) >= 11 is 0. The molecule has 7 nitrogen and oxygen atoms in total. The third kappa shape index (κ3) is 2.93. The Hall–Kier alpha value is -2.85. The van der Waals surface area contributed by atoms with Crippen molar-refractivity contribution in [2.24, 2.45) is 0 Å². The Morgan fingerprint density at radius 1 is 1.12 bits per heavy atom. The molecule has 3 atom stereocenters. The molecule has 0 spiro atoms. The number of aromatic nitrogens is 5. The predicted molar refractivity (Wildman–Crippen MR) is 81.9 cm³/mol. The van der Waals surface area contributed by atoms with Crippen LogP contribution < -0.4 is 0 Å². The Labute approximate surface area is 145 Å². The molecule has 0 amide bonds. The maximum atomic E-state index is 14.4. The Morgan fingerprint density at radius 2 is 1.88 bits per heavy atom. The number of hydrogen-bond acceptors (Lipinski definition) is 6. The van der Waals surface area contributed by atoms with E-state index in [0.717, 1.165) is 42.0 Å². The molecule has 0 aliphatic carbocycles. The van der Waals surface area contributed by atoms with Gasteiger partial charge in [-0.25, -0.2) is 32.8 Å². The molecule has 3 aromatic rings. The van der Waals surface area contributed by atoms with Crippen molar-refractivity contribution < 1.29 is 23.4 Å². The Balaban J connectivity index is 2.20. The molecule has 2 heterocycles. The quantitative estimate of drug-likeness (QED) is 0.714. The predicted octanol–water partition coefficient (Wildman–Crippen LogP) is 1.67. The van der Waals surface area contributed by atoms with Gasteiger partial charge >= 0.3 is 0 Å². The molecular weight excluding hydrogens is 351 g/mol. The molecule has 0 aliphatic heterocycles. The summed E-state index contributed by atoms with van der Waals surface area (Å²) in [5.74, 6) is -4.10. The smallest absolute Gasteiger partial charge is 0.182 e. The number of aliphatic hydroxyl groups excluding tert-OH is 1. The minimum atomic E-state index is -2.44. The first-order valence-corrected chi connectivity index (χ1v) is 7.51. The SMILES string of the molecule is C[C@@H](c1ncncc1F)[C@@](O)(c1ccc(F)cc1F)C(O)n1cncn1. The largest absolute Gasteiger partial charge is 0.380 e. The molecule has 2 aromatic heterocycles. The van der Waals surface area contributed by atoms with Crippen LogP contribution in [-0.4, -0.2) is 34.9 Å². The fraction of sp³-hybridized carbons (Fsp3) is 0.250. The third-order valence-corrected chi connectivity index (χ3v) is 4.21. The van der Waals surface area contributed by atoms with Crippen LogP contribution in [0.25, 0.3) is 0 Å². The zero-order chi connectivity index (χ0) is 18.9. The average Bonchev–Trinajstić information content (AvgIpc) is 3.15. The van der Waals surface area contributed by atoms with Gasteiger partial charge in [0, 0.05) is 17.5 Å². The lowest BCUT2D eigenvalue weighted by Crippen LogP contribution is -2.43. The van der Waals surface area contributed by atoms with E-state index >= 15 is 0 Å². The maximum absolute atomic E-state index is 14.4. The van der Waals surface area contributed by atoms with Gasteiger partial charge in [0.15, 0.2) is 12.0 Å². The fourth-order valence-corrected chi connectivity index (χ4v) is 2.80. The number of halogens is 3. The first-order valence-electron chi connectivity index (χ1n) is 7.51. The van der Waals surface area contributed by atoms with Crippen molar-refractivity contribution in [3.05, 3.63) is 72.1 Å². The molecule has 26 heavy (non-hydrogen) atoms. The molecule has 0 fully saturated rings. The van der Waals surface area contributed by atoms with Crippen LogP contribution in [0.3, 0.4) is 0 Å². The van der Waals surface area contributed by atoms with E-state index in [4.69, 9.17) is 0 Å².